The SMILES string of the molecule is [2H]C([2H])([2H])C(C)(C([2H])([2H])[2H])C([2H])([2H])C1([2H])C([2H])([2H])N2C(c3cc(OC)c(OC)cc3C([2H])([2H])C2([2H])[2H])C([2H])([2H])C1([2H])O. The number of aryl methyl sites for hydroxylation is 1. The minimum atomic E-state index is -4.47. The van der Waals surface area contributed by atoms with Crippen LogP contribution in [0.3, 0.4) is 0 Å². The zero-order chi connectivity index (χ0) is 33.3. The van der Waals surface area contributed by atoms with Gasteiger partial charge in [-0.05, 0) is 53.7 Å². The predicted octanol–water partition coefficient (Wildman–Crippen LogP) is 3.42. The Morgan fingerprint density at radius 1 is 1.42 bits per heavy atom. The fourth-order valence-electron chi connectivity index (χ4n) is 2.50. The number of benzene rings is 1. The summed E-state index contributed by atoms with van der Waals surface area (Å²) in [5.74, 6) is -4.78. The summed E-state index contributed by atoms with van der Waals surface area (Å²) < 4.78 is 163. The van der Waals surface area contributed by atoms with Crippen molar-refractivity contribution in [3.05, 3.63) is 23.3 Å². The lowest BCUT2D eigenvalue weighted by Gasteiger charge is -2.47. The van der Waals surface area contributed by atoms with Crippen molar-refractivity contribution in [1.82, 2.24) is 4.90 Å². The second-order valence-electron chi connectivity index (χ2n) is 5.53. The Labute approximate surface area is 171 Å². The zero-order valence-electron chi connectivity index (χ0n) is 31.4. The van der Waals surface area contributed by atoms with Gasteiger partial charge in [-0.3, -0.25) is 4.90 Å². The lowest BCUT2D eigenvalue weighted by Crippen LogP contribution is -2.48. The molecule has 0 aliphatic carbocycles. The van der Waals surface area contributed by atoms with Gasteiger partial charge in [-0.25, -0.2) is 0 Å². The van der Waals surface area contributed by atoms with E-state index in [1.165, 1.54) is 7.11 Å². The molecule has 0 bridgehead atoms. The third-order valence-corrected chi connectivity index (χ3v) is 3.54. The van der Waals surface area contributed by atoms with Crippen molar-refractivity contribution in [1.29, 1.82) is 0 Å². The molecule has 0 aromatic heterocycles. The van der Waals surface area contributed by atoms with E-state index in [1.807, 2.05) is 0 Å². The van der Waals surface area contributed by atoms with Gasteiger partial charge in [0.25, 0.3) is 0 Å². The van der Waals surface area contributed by atoms with E-state index in [-0.39, 0.29) is 16.4 Å². The Kier molecular flexibility index (Phi) is 1.61. The van der Waals surface area contributed by atoms with E-state index < -0.39 is 80.4 Å². The van der Waals surface area contributed by atoms with Gasteiger partial charge in [0.15, 0.2) is 11.5 Å². The minimum absolute atomic E-state index is 0.137. The van der Waals surface area contributed by atoms with Crippen molar-refractivity contribution in [2.75, 3.05) is 27.2 Å². The van der Waals surface area contributed by atoms with Crippen LogP contribution in [0.2, 0.25) is 0 Å². The van der Waals surface area contributed by atoms with Crippen molar-refractivity contribution in [3.63, 3.8) is 0 Å². The molecule has 0 radical (unpaired) electrons. The molecule has 2 aliphatic rings. The number of rotatable bonds is 3. The van der Waals surface area contributed by atoms with Crippen LogP contribution < -0.4 is 9.47 Å². The number of methoxy groups -OCH3 is 2. The highest BCUT2D eigenvalue weighted by atomic mass is 16.5. The highest BCUT2D eigenvalue weighted by Gasteiger charge is 2.39. The predicted molar refractivity (Wildman–Crippen MR) is 95.7 cm³/mol. The highest BCUT2D eigenvalue weighted by molar-refractivity contribution is 5.49. The fourth-order valence-corrected chi connectivity index (χ4v) is 2.50. The van der Waals surface area contributed by atoms with Crippen LogP contribution in [0, 0.1) is 11.3 Å². The van der Waals surface area contributed by atoms with Crippen molar-refractivity contribution in [2.24, 2.45) is 11.3 Å². The molecule has 0 spiro atoms. The topological polar surface area (TPSA) is 41.9 Å². The standard InChI is InChI=1S/C20H31NO3/c1-20(2,3)11-14-12-21-7-6-13-8-18(23-4)19(24-5)9-15(13)16(21)10-17(14)22/h8-9,14,16-17,22H,6-7,10-12H2,1-5H3/i1D3,2D3,6D2,7D2,10D2,11D2,12D2,14D,17D. The van der Waals surface area contributed by atoms with E-state index in [1.54, 1.807) is 0 Å². The van der Waals surface area contributed by atoms with Gasteiger partial charge in [-0.1, -0.05) is 20.6 Å². The Hall–Kier alpha value is -1.26. The monoisotopic (exact) mass is 351 g/mol. The second kappa shape index (κ2) is 6.57. The number of hydrogen-bond acceptors (Lipinski definition) is 4. The van der Waals surface area contributed by atoms with Crippen LogP contribution in [0.15, 0.2) is 12.1 Å². The number of hydrogen-bond donors (Lipinski definition) is 1. The second-order valence-corrected chi connectivity index (χ2v) is 5.53. The van der Waals surface area contributed by atoms with Crippen molar-refractivity contribution >= 4 is 0 Å². The average Bonchev–Trinajstić information content (AvgIpc) is 2.81. The maximum absolute atomic E-state index is 11.5. The number of aliphatic hydroxyl groups is 1. The summed E-state index contributed by atoms with van der Waals surface area (Å²) in [6.45, 7) is -15.3. The van der Waals surface area contributed by atoms with Crippen LogP contribution in [-0.2, 0) is 6.37 Å². The minimum Gasteiger partial charge on any atom is -0.493 e. The smallest absolute Gasteiger partial charge is 0.161 e. The van der Waals surface area contributed by atoms with E-state index in [4.69, 9.17) is 34.1 Å². The molecule has 24 heavy (non-hydrogen) atoms. The molecule has 4 nitrogen and oxygen atoms in total. The number of ether oxygens (including phenoxy) is 2. The highest BCUT2D eigenvalue weighted by Crippen LogP contribution is 2.44. The van der Waals surface area contributed by atoms with Crippen LogP contribution in [0.25, 0.3) is 0 Å². The van der Waals surface area contributed by atoms with Gasteiger partial charge in [0.05, 0.1) is 21.7 Å². The number of fused-ring (bicyclic) bond motifs is 3. The molecular formula is C20H31NO3. The molecule has 2 heterocycles. The molecule has 1 saturated heterocycles. The molecule has 3 atom stereocenters. The largest absolute Gasteiger partial charge is 0.493 e. The third kappa shape index (κ3) is 3.40. The summed E-state index contributed by atoms with van der Waals surface area (Å²) in [5.41, 5.74) is -4.91. The molecule has 134 valence electrons. The van der Waals surface area contributed by atoms with Crippen LogP contribution in [0.1, 0.15) is 75.2 Å². The molecule has 1 aromatic rings. The molecule has 1 N–H and O–H groups in total. The lowest BCUT2D eigenvalue weighted by atomic mass is 9.75. The van der Waals surface area contributed by atoms with Crippen LogP contribution in [0.5, 0.6) is 11.5 Å². The summed E-state index contributed by atoms with van der Waals surface area (Å²) in [6, 6.07) is -0.548. The first-order valence-electron chi connectivity index (χ1n) is 16.1. The van der Waals surface area contributed by atoms with Gasteiger partial charge in [-0.15, -0.1) is 0 Å². The first-order valence-corrected chi connectivity index (χ1v) is 7.14. The summed E-state index contributed by atoms with van der Waals surface area (Å²) >= 11 is 0. The van der Waals surface area contributed by atoms with E-state index in [9.17, 15) is 5.11 Å². The number of piperidine rings is 1. The Bertz CT molecular complexity index is 1240. The van der Waals surface area contributed by atoms with Gasteiger partial charge in [0, 0.05) is 42.3 Å². The van der Waals surface area contributed by atoms with Gasteiger partial charge in [-0.2, -0.15) is 0 Å². The summed E-state index contributed by atoms with van der Waals surface area (Å²) in [7, 11) is 2.33. The summed E-state index contributed by atoms with van der Waals surface area (Å²) in [4.78, 5) is -0.193. The van der Waals surface area contributed by atoms with Gasteiger partial charge in [0.1, 0.15) is 0 Å². The van der Waals surface area contributed by atoms with Crippen molar-refractivity contribution in [2.45, 2.75) is 51.9 Å². The lowest BCUT2D eigenvalue weighted by molar-refractivity contribution is -0.0259. The molecule has 4 heteroatoms. The van der Waals surface area contributed by atoms with Crippen LogP contribution in [-0.4, -0.2) is 43.3 Å². The van der Waals surface area contributed by atoms with Gasteiger partial charge in [0.2, 0.25) is 0 Å². The Balaban J connectivity index is 2.59. The average molecular weight is 352 g/mol. The Morgan fingerprint density at radius 2 is 2.12 bits per heavy atom. The fraction of sp³-hybridized carbons (Fsp3) is 0.700. The molecule has 0 saturated carbocycles. The van der Waals surface area contributed by atoms with Gasteiger partial charge < -0.3 is 14.6 Å². The van der Waals surface area contributed by atoms with E-state index in [0.29, 0.717) is 6.92 Å². The summed E-state index contributed by atoms with van der Waals surface area (Å²) in [6.07, 6.45) is -15.8. The maximum atomic E-state index is 11.5. The maximum Gasteiger partial charge on any atom is 0.161 e. The van der Waals surface area contributed by atoms with E-state index in [0.717, 1.165) is 19.2 Å². The molecule has 3 unspecified atom stereocenters. The number of nitrogens with zero attached hydrogens (tertiary/aromatic N) is 1. The van der Waals surface area contributed by atoms with E-state index in [2.05, 4.69) is 0 Å². The molecular weight excluding hydrogens is 302 g/mol. The normalized spacial score (nSPS) is 54.6. The van der Waals surface area contributed by atoms with Crippen LogP contribution in [0.4, 0.5) is 0 Å². The summed E-state index contributed by atoms with van der Waals surface area (Å²) in [5, 5.41) is 11.5. The van der Waals surface area contributed by atoms with Gasteiger partial charge >= 0.3 is 0 Å². The van der Waals surface area contributed by atoms with Crippen molar-refractivity contribution < 1.29 is 39.3 Å². The zero-order valence-corrected chi connectivity index (χ0v) is 13.4. The molecule has 1 aromatic carbocycles. The first-order chi connectivity index (χ1) is 18.4. The van der Waals surface area contributed by atoms with Crippen molar-refractivity contribution in [3.8, 4) is 11.5 Å². The molecule has 1 fully saturated rings. The molecule has 0 amide bonds. The first kappa shape index (κ1) is 5.88. The van der Waals surface area contributed by atoms with Crippen LogP contribution >= 0.6 is 0 Å². The molecule has 3 rings (SSSR count). The molecule has 2 aliphatic heterocycles. The Morgan fingerprint density at radius 3 is 2.79 bits per heavy atom. The van der Waals surface area contributed by atoms with E-state index >= 15 is 0 Å². The quantitative estimate of drug-likeness (QED) is 0.906. The third-order valence-electron chi connectivity index (χ3n) is 3.54.